The van der Waals surface area contributed by atoms with Crippen molar-refractivity contribution >= 4 is 22.6 Å². The molecule has 0 saturated heterocycles. The molecule has 0 aliphatic heterocycles. The van der Waals surface area contributed by atoms with Crippen molar-refractivity contribution in [1.29, 1.82) is 0 Å². The van der Waals surface area contributed by atoms with Crippen LogP contribution < -0.4 is 0 Å². The van der Waals surface area contributed by atoms with Crippen molar-refractivity contribution in [3.63, 3.8) is 0 Å². The Bertz CT molecular complexity index is 654. The van der Waals surface area contributed by atoms with E-state index in [1.54, 1.807) is 18.2 Å². The van der Waals surface area contributed by atoms with E-state index in [2.05, 4.69) is 0 Å². The van der Waals surface area contributed by atoms with Crippen molar-refractivity contribution in [2.45, 2.75) is 0 Å². The molecule has 0 saturated carbocycles. The molecular formula is C13H8O3. The molecule has 1 aliphatic carbocycles. The lowest BCUT2D eigenvalue weighted by molar-refractivity contribution is 0.104. The number of carbonyl (C=O) groups excluding carboxylic acids is 1. The predicted octanol–water partition coefficient (Wildman–Crippen LogP) is 2.46. The Labute approximate surface area is 91.3 Å². The van der Waals surface area contributed by atoms with Gasteiger partial charge in [0, 0.05) is 21.9 Å². The summed E-state index contributed by atoms with van der Waals surface area (Å²) in [5.74, 6) is 0.120. The van der Waals surface area contributed by atoms with Crippen LogP contribution in [0.15, 0.2) is 30.3 Å². The molecule has 78 valence electrons. The molecule has 3 nitrogen and oxygen atoms in total. The molecule has 0 radical (unpaired) electrons. The Morgan fingerprint density at radius 2 is 1.62 bits per heavy atom. The van der Waals surface area contributed by atoms with Crippen LogP contribution in [0.5, 0.6) is 11.5 Å². The van der Waals surface area contributed by atoms with Crippen molar-refractivity contribution in [3.05, 3.63) is 41.5 Å². The second-order valence-electron chi connectivity index (χ2n) is 3.75. The fourth-order valence-corrected chi connectivity index (χ4v) is 2.07. The Hall–Kier alpha value is -2.29. The van der Waals surface area contributed by atoms with E-state index in [0.29, 0.717) is 21.9 Å². The number of hydrogen-bond donors (Lipinski definition) is 2. The highest BCUT2D eigenvalue weighted by Crippen LogP contribution is 2.37. The Morgan fingerprint density at radius 3 is 2.44 bits per heavy atom. The molecule has 0 spiro atoms. The highest BCUT2D eigenvalue weighted by atomic mass is 16.3. The second-order valence-corrected chi connectivity index (χ2v) is 3.75. The van der Waals surface area contributed by atoms with Crippen LogP contribution >= 0.6 is 0 Å². The van der Waals surface area contributed by atoms with Gasteiger partial charge in [0.05, 0.1) is 0 Å². The van der Waals surface area contributed by atoms with E-state index >= 15 is 0 Å². The van der Waals surface area contributed by atoms with Gasteiger partial charge in [-0.2, -0.15) is 0 Å². The van der Waals surface area contributed by atoms with Crippen molar-refractivity contribution in [1.82, 2.24) is 0 Å². The number of ketones is 1. The highest BCUT2D eigenvalue weighted by Gasteiger charge is 2.18. The van der Waals surface area contributed by atoms with Crippen molar-refractivity contribution < 1.29 is 15.0 Å². The summed E-state index contributed by atoms with van der Waals surface area (Å²) in [6.07, 6.45) is 3.00. The summed E-state index contributed by atoms with van der Waals surface area (Å²) in [6.45, 7) is 0. The number of allylic oxidation sites excluding steroid dienone is 1. The molecule has 0 heterocycles. The lowest BCUT2D eigenvalue weighted by Gasteiger charge is -2.13. The van der Waals surface area contributed by atoms with Gasteiger partial charge in [0.2, 0.25) is 0 Å². The van der Waals surface area contributed by atoms with E-state index in [1.807, 2.05) is 0 Å². The maximum atomic E-state index is 11.6. The average molecular weight is 212 g/mol. The largest absolute Gasteiger partial charge is 0.507 e. The molecule has 1 aliphatic rings. The first-order valence-electron chi connectivity index (χ1n) is 4.88. The SMILES string of the molecule is O=C1C=Cc2c(O)ccc3c(O)ccc1c23. The van der Waals surface area contributed by atoms with E-state index in [-0.39, 0.29) is 17.3 Å². The molecule has 0 unspecified atom stereocenters. The van der Waals surface area contributed by atoms with Gasteiger partial charge in [-0.05, 0) is 36.4 Å². The number of phenols is 2. The maximum absolute atomic E-state index is 11.6. The van der Waals surface area contributed by atoms with Crippen molar-refractivity contribution in [2.75, 3.05) is 0 Å². The predicted molar refractivity (Wildman–Crippen MR) is 60.6 cm³/mol. The van der Waals surface area contributed by atoms with Gasteiger partial charge in [0.15, 0.2) is 5.78 Å². The summed E-state index contributed by atoms with van der Waals surface area (Å²) >= 11 is 0. The zero-order valence-electron chi connectivity index (χ0n) is 8.27. The van der Waals surface area contributed by atoms with Crippen molar-refractivity contribution in [2.24, 2.45) is 0 Å². The molecule has 3 heteroatoms. The topological polar surface area (TPSA) is 57.5 Å². The molecule has 0 amide bonds. The molecule has 0 aromatic heterocycles. The minimum absolute atomic E-state index is 0.108. The smallest absolute Gasteiger partial charge is 0.186 e. The van der Waals surface area contributed by atoms with E-state index < -0.39 is 0 Å². The van der Waals surface area contributed by atoms with Crippen LogP contribution in [0.3, 0.4) is 0 Å². The summed E-state index contributed by atoms with van der Waals surface area (Å²) in [4.78, 5) is 11.6. The monoisotopic (exact) mass is 212 g/mol. The molecule has 3 rings (SSSR count). The number of benzene rings is 2. The Kier molecular flexibility index (Phi) is 1.60. The van der Waals surface area contributed by atoms with Crippen LogP contribution in [-0.2, 0) is 0 Å². The van der Waals surface area contributed by atoms with Crippen LogP contribution in [0.4, 0.5) is 0 Å². The fourth-order valence-electron chi connectivity index (χ4n) is 2.07. The third kappa shape index (κ3) is 0.997. The third-order valence-corrected chi connectivity index (χ3v) is 2.84. The second kappa shape index (κ2) is 2.85. The Balaban J connectivity index is 2.60. The molecular weight excluding hydrogens is 204 g/mol. The van der Waals surface area contributed by atoms with Crippen LogP contribution in [0.25, 0.3) is 16.8 Å². The van der Waals surface area contributed by atoms with Gasteiger partial charge in [0.25, 0.3) is 0 Å². The van der Waals surface area contributed by atoms with E-state index in [1.165, 1.54) is 18.2 Å². The maximum Gasteiger partial charge on any atom is 0.186 e. The molecule has 0 bridgehead atoms. The highest BCUT2D eigenvalue weighted by molar-refractivity contribution is 6.21. The first-order valence-corrected chi connectivity index (χ1v) is 4.88. The van der Waals surface area contributed by atoms with Gasteiger partial charge in [-0.1, -0.05) is 0 Å². The molecule has 2 N–H and O–H groups in total. The number of phenolic OH excluding ortho intramolecular Hbond substituents is 2. The van der Waals surface area contributed by atoms with Gasteiger partial charge >= 0.3 is 0 Å². The summed E-state index contributed by atoms with van der Waals surface area (Å²) in [5.41, 5.74) is 1.10. The lowest BCUT2D eigenvalue weighted by Crippen LogP contribution is -2.01. The first-order chi connectivity index (χ1) is 7.68. The fraction of sp³-hybridized carbons (Fsp3) is 0. The summed E-state index contributed by atoms with van der Waals surface area (Å²) in [6, 6.07) is 6.20. The summed E-state index contributed by atoms with van der Waals surface area (Å²) in [5, 5.41) is 20.6. The Morgan fingerprint density at radius 1 is 0.875 bits per heavy atom. The van der Waals surface area contributed by atoms with Crippen LogP contribution in [0.2, 0.25) is 0 Å². The third-order valence-electron chi connectivity index (χ3n) is 2.84. The van der Waals surface area contributed by atoms with Crippen LogP contribution in [0.1, 0.15) is 15.9 Å². The van der Waals surface area contributed by atoms with Crippen LogP contribution in [0, 0.1) is 0 Å². The number of hydrogen-bond acceptors (Lipinski definition) is 3. The molecule has 16 heavy (non-hydrogen) atoms. The number of rotatable bonds is 0. The summed E-state index contributed by atoms with van der Waals surface area (Å²) in [7, 11) is 0. The normalized spacial score (nSPS) is 13.4. The minimum Gasteiger partial charge on any atom is -0.507 e. The lowest BCUT2D eigenvalue weighted by atomic mass is 9.91. The van der Waals surface area contributed by atoms with Gasteiger partial charge in [-0.3, -0.25) is 4.79 Å². The quantitative estimate of drug-likeness (QED) is 0.705. The van der Waals surface area contributed by atoms with E-state index in [0.717, 1.165) is 0 Å². The molecule has 0 atom stereocenters. The van der Waals surface area contributed by atoms with Crippen molar-refractivity contribution in [3.8, 4) is 11.5 Å². The zero-order valence-corrected chi connectivity index (χ0v) is 8.27. The van der Waals surface area contributed by atoms with Crippen LogP contribution in [-0.4, -0.2) is 16.0 Å². The van der Waals surface area contributed by atoms with Gasteiger partial charge < -0.3 is 10.2 Å². The van der Waals surface area contributed by atoms with E-state index in [9.17, 15) is 15.0 Å². The minimum atomic E-state index is -0.108. The van der Waals surface area contributed by atoms with Gasteiger partial charge in [-0.25, -0.2) is 0 Å². The number of carbonyl (C=O) groups is 1. The van der Waals surface area contributed by atoms with Gasteiger partial charge in [0.1, 0.15) is 11.5 Å². The molecule has 2 aromatic carbocycles. The zero-order chi connectivity index (χ0) is 11.3. The molecule has 2 aromatic rings. The molecule has 0 fully saturated rings. The van der Waals surface area contributed by atoms with E-state index in [4.69, 9.17) is 0 Å². The van der Waals surface area contributed by atoms with Gasteiger partial charge in [-0.15, -0.1) is 0 Å². The average Bonchev–Trinajstić information content (AvgIpc) is 2.27. The number of aromatic hydroxyl groups is 2. The first kappa shape index (κ1) is 8.97. The summed E-state index contributed by atoms with van der Waals surface area (Å²) < 4.78 is 0. The standard InChI is InChI=1S/C13H8O3/c14-10-4-1-7-11(15)5-2-9-12(16)6-3-8(10)13(7)9/h1-6,14-15H.